The summed E-state index contributed by atoms with van der Waals surface area (Å²) in [5, 5.41) is 12.6. The van der Waals surface area contributed by atoms with Gasteiger partial charge in [-0.05, 0) is 99.7 Å². The molecule has 0 fully saturated rings. The van der Waals surface area contributed by atoms with Crippen molar-refractivity contribution < 1.29 is 33.6 Å². The first-order valence-electron chi connectivity index (χ1n) is 14.4. The van der Waals surface area contributed by atoms with E-state index in [9.17, 15) is 14.7 Å². The summed E-state index contributed by atoms with van der Waals surface area (Å²) in [6.45, 7) is 6.99. The van der Waals surface area contributed by atoms with Gasteiger partial charge >= 0.3 is 5.97 Å². The van der Waals surface area contributed by atoms with Crippen molar-refractivity contribution in [2.45, 2.75) is 77.9 Å². The lowest BCUT2D eigenvalue weighted by Gasteiger charge is -2.23. The number of amides is 1. The Hall–Kier alpha value is -4.20. The van der Waals surface area contributed by atoms with Crippen LogP contribution in [0.3, 0.4) is 0 Å². The van der Waals surface area contributed by atoms with Crippen LogP contribution in [0.15, 0.2) is 60.7 Å². The van der Waals surface area contributed by atoms with E-state index in [1.807, 2.05) is 25.1 Å². The highest BCUT2D eigenvalue weighted by atomic mass is 16.5. The fourth-order valence-electron chi connectivity index (χ4n) is 4.53. The number of benzene rings is 3. The van der Waals surface area contributed by atoms with E-state index in [-0.39, 0.29) is 11.9 Å². The van der Waals surface area contributed by atoms with E-state index in [0.29, 0.717) is 34.3 Å². The van der Waals surface area contributed by atoms with E-state index in [1.54, 1.807) is 56.7 Å². The summed E-state index contributed by atoms with van der Waals surface area (Å²) >= 11 is 0. The molecule has 0 radical (unpaired) electrons. The highest BCUT2D eigenvalue weighted by Gasteiger charge is 2.30. The Kier molecular flexibility index (Phi) is 11.7. The predicted octanol–water partition coefficient (Wildman–Crippen LogP) is 7.36. The number of carboxylic acids is 1. The predicted molar refractivity (Wildman–Crippen MR) is 163 cm³/mol. The Morgan fingerprint density at radius 1 is 0.881 bits per heavy atom. The smallest absolute Gasteiger partial charge is 0.347 e. The molecule has 0 aliphatic heterocycles. The average Bonchev–Trinajstić information content (AvgIpc) is 2.97. The van der Waals surface area contributed by atoms with E-state index in [2.05, 4.69) is 12.2 Å². The first-order chi connectivity index (χ1) is 20.1. The second-order valence-corrected chi connectivity index (χ2v) is 10.9. The number of rotatable bonds is 16. The van der Waals surface area contributed by atoms with Crippen molar-refractivity contribution in [3.63, 3.8) is 0 Å². The van der Waals surface area contributed by atoms with E-state index < -0.39 is 11.6 Å². The van der Waals surface area contributed by atoms with Gasteiger partial charge in [-0.1, -0.05) is 38.3 Å². The third-order valence-corrected chi connectivity index (χ3v) is 7.08. The molecule has 0 aromatic heterocycles. The highest BCUT2D eigenvalue weighted by Crippen LogP contribution is 2.31. The number of carbonyl (C=O) groups is 2. The van der Waals surface area contributed by atoms with Crippen LogP contribution in [0.2, 0.25) is 0 Å². The standard InChI is InChI=1S/C34H43NO7/c1-7-8-9-12-26(16-14-24-15-18-30(39-5)31(21-24)40-6)35-32(36)25-11-10-13-27(22-25)41-28-17-19-29(23(2)20-28)42-34(3,4)33(37)38/h10-11,13,15,17-22,26H,7-9,12,14,16H2,1-6H3,(H,35,36)(H,37,38). The third-order valence-electron chi connectivity index (χ3n) is 7.08. The van der Waals surface area contributed by atoms with E-state index >= 15 is 0 Å². The maximum atomic E-state index is 13.3. The second kappa shape index (κ2) is 15.1. The van der Waals surface area contributed by atoms with Gasteiger partial charge in [-0.15, -0.1) is 0 Å². The fraction of sp³-hybridized carbons (Fsp3) is 0.412. The lowest BCUT2D eigenvalue weighted by atomic mass is 9.99. The van der Waals surface area contributed by atoms with Crippen molar-refractivity contribution in [1.29, 1.82) is 0 Å². The lowest BCUT2D eigenvalue weighted by molar-refractivity contribution is -0.152. The zero-order valence-corrected chi connectivity index (χ0v) is 25.5. The Morgan fingerprint density at radius 3 is 2.26 bits per heavy atom. The molecule has 2 N–H and O–H groups in total. The topological polar surface area (TPSA) is 103 Å². The fourth-order valence-corrected chi connectivity index (χ4v) is 4.53. The van der Waals surface area contributed by atoms with E-state index in [0.717, 1.165) is 49.7 Å². The van der Waals surface area contributed by atoms with E-state index in [4.69, 9.17) is 18.9 Å². The minimum Gasteiger partial charge on any atom is -0.493 e. The van der Waals surface area contributed by atoms with Gasteiger partial charge in [-0.3, -0.25) is 4.79 Å². The molecular formula is C34H43NO7. The largest absolute Gasteiger partial charge is 0.493 e. The Labute approximate surface area is 249 Å². The monoisotopic (exact) mass is 577 g/mol. The second-order valence-electron chi connectivity index (χ2n) is 10.9. The number of hydrogen-bond donors (Lipinski definition) is 2. The number of carboxylic acid groups (broad SMARTS) is 1. The molecule has 3 aromatic carbocycles. The van der Waals surface area contributed by atoms with Crippen molar-refractivity contribution in [2.24, 2.45) is 0 Å². The third kappa shape index (κ3) is 9.16. The van der Waals surface area contributed by atoms with Crippen molar-refractivity contribution in [1.82, 2.24) is 5.32 Å². The zero-order chi connectivity index (χ0) is 30.7. The van der Waals surface area contributed by atoms with Gasteiger partial charge in [0, 0.05) is 11.6 Å². The van der Waals surface area contributed by atoms with Crippen LogP contribution in [-0.4, -0.2) is 42.8 Å². The molecule has 0 spiro atoms. The average molecular weight is 578 g/mol. The number of carbonyl (C=O) groups excluding carboxylic acids is 1. The van der Waals surface area contributed by atoms with Gasteiger partial charge in [0.2, 0.25) is 0 Å². The summed E-state index contributed by atoms with van der Waals surface area (Å²) < 4.78 is 22.5. The molecule has 1 unspecified atom stereocenters. The summed E-state index contributed by atoms with van der Waals surface area (Å²) in [5.41, 5.74) is 1.01. The van der Waals surface area contributed by atoms with Crippen LogP contribution in [0.5, 0.6) is 28.7 Å². The van der Waals surface area contributed by atoms with Crippen LogP contribution in [0.4, 0.5) is 0 Å². The normalized spacial score (nSPS) is 11.9. The zero-order valence-electron chi connectivity index (χ0n) is 25.5. The van der Waals surface area contributed by atoms with Crippen LogP contribution in [0, 0.1) is 6.92 Å². The van der Waals surface area contributed by atoms with Crippen molar-refractivity contribution in [3.05, 3.63) is 77.4 Å². The van der Waals surface area contributed by atoms with Gasteiger partial charge in [0.15, 0.2) is 17.1 Å². The summed E-state index contributed by atoms with van der Waals surface area (Å²) in [4.78, 5) is 24.7. The maximum absolute atomic E-state index is 13.3. The van der Waals surface area contributed by atoms with Crippen LogP contribution in [-0.2, 0) is 11.2 Å². The molecule has 0 saturated carbocycles. The van der Waals surface area contributed by atoms with Crippen molar-refractivity contribution >= 4 is 11.9 Å². The highest BCUT2D eigenvalue weighted by molar-refractivity contribution is 5.94. The molecule has 0 bridgehead atoms. The minimum atomic E-state index is -1.36. The summed E-state index contributed by atoms with van der Waals surface area (Å²) in [6.07, 6.45) is 5.76. The quantitative estimate of drug-likeness (QED) is 0.172. The molecule has 3 rings (SSSR count). The van der Waals surface area contributed by atoms with Crippen LogP contribution >= 0.6 is 0 Å². The summed E-state index contributed by atoms with van der Waals surface area (Å²) in [6, 6.07) is 18.2. The molecule has 1 atom stereocenters. The molecule has 0 heterocycles. The molecule has 0 saturated heterocycles. The first-order valence-corrected chi connectivity index (χ1v) is 14.4. The number of hydrogen-bond acceptors (Lipinski definition) is 6. The van der Waals surface area contributed by atoms with Crippen LogP contribution < -0.4 is 24.3 Å². The minimum absolute atomic E-state index is 0.0203. The SMILES string of the molecule is CCCCCC(CCc1ccc(OC)c(OC)c1)NC(=O)c1cccc(Oc2ccc(OC(C)(C)C(=O)O)c(C)c2)c1. The van der Waals surface area contributed by atoms with Gasteiger partial charge in [0.25, 0.3) is 5.91 Å². The molecule has 3 aromatic rings. The number of nitrogens with one attached hydrogen (secondary N) is 1. The molecule has 0 aliphatic rings. The van der Waals surface area contributed by atoms with Crippen molar-refractivity contribution in [3.8, 4) is 28.7 Å². The van der Waals surface area contributed by atoms with Gasteiger partial charge in [-0.25, -0.2) is 4.79 Å². The number of aliphatic carboxylic acids is 1. The van der Waals surface area contributed by atoms with Crippen LogP contribution in [0.25, 0.3) is 0 Å². The number of ether oxygens (including phenoxy) is 4. The Balaban J connectivity index is 1.68. The maximum Gasteiger partial charge on any atom is 0.347 e. The van der Waals surface area contributed by atoms with E-state index in [1.165, 1.54) is 13.8 Å². The molecule has 8 nitrogen and oxygen atoms in total. The number of aryl methyl sites for hydroxylation is 2. The summed E-state index contributed by atoms with van der Waals surface area (Å²) in [5.74, 6) is 1.73. The number of unbranched alkanes of at least 4 members (excludes halogenated alkanes) is 2. The van der Waals surface area contributed by atoms with Gasteiger partial charge in [0.05, 0.1) is 14.2 Å². The molecule has 226 valence electrons. The molecule has 8 heteroatoms. The van der Waals surface area contributed by atoms with Gasteiger partial charge < -0.3 is 29.4 Å². The van der Waals surface area contributed by atoms with Gasteiger partial charge in [-0.2, -0.15) is 0 Å². The Morgan fingerprint density at radius 2 is 1.60 bits per heavy atom. The molecular weight excluding hydrogens is 534 g/mol. The molecule has 42 heavy (non-hydrogen) atoms. The number of methoxy groups -OCH3 is 2. The Bertz CT molecular complexity index is 1350. The van der Waals surface area contributed by atoms with Crippen LogP contribution in [0.1, 0.15) is 74.4 Å². The summed E-state index contributed by atoms with van der Waals surface area (Å²) in [7, 11) is 3.25. The van der Waals surface area contributed by atoms with Gasteiger partial charge in [0.1, 0.15) is 17.2 Å². The van der Waals surface area contributed by atoms with Crippen molar-refractivity contribution in [2.75, 3.05) is 14.2 Å². The lowest BCUT2D eigenvalue weighted by Crippen LogP contribution is -2.38. The first kappa shape index (κ1) is 32.3. The molecule has 1 amide bonds. The molecule has 0 aliphatic carbocycles.